The standard InChI is InChI=1S/C27H28F6N2O2/c28-26(29,30)21-13-19-16-35(10-8-23(19)34-15-21)24(36)25-9-2-4-20(25)11-18(14-25)7-6-17-3-1-5-22(12-17)37-27(31,32)33/h1,3,5,12-13,15,18,20H,2,4,6-11,14,16H2. The molecule has 5 rings (SSSR count). The second-order valence-corrected chi connectivity index (χ2v) is 10.6. The Bertz CT molecular complexity index is 1160. The number of rotatable bonds is 5. The maximum Gasteiger partial charge on any atom is 0.573 e. The highest BCUT2D eigenvalue weighted by Crippen LogP contribution is 2.58. The van der Waals surface area contributed by atoms with Crippen LogP contribution in [-0.2, 0) is 30.4 Å². The van der Waals surface area contributed by atoms with Gasteiger partial charge in [-0.25, -0.2) is 0 Å². The highest BCUT2D eigenvalue weighted by Gasteiger charge is 2.55. The topological polar surface area (TPSA) is 42.4 Å². The second kappa shape index (κ2) is 9.51. The first-order chi connectivity index (χ1) is 17.4. The number of amides is 1. The van der Waals surface area contributed by atoms with Crippen molar-refractivity contribution in [2.75, 3.05) is 6.54 Å². The maximum atomic E-state index is 13.9. The molecule has 0 spiro atoms. The van der Waals surface area contributed by atoms with Crippen molar-refractivity contribution in [3.05, 3.63) is 58.9 Å². The number of pyridine rings is 1. The predicted molar refractivity (Wildman–Crippen MR) is 122 cm³/mol. The molecule has 10 heteroatoms. The van der Waals surface area contributed by atoms with Crippen molar-refractivity contribution < 1.29 is 35.9 Å². The lowest BCUT2D eigenvalue weighted by Crippen LogP contribution is -2.46. The number of alkyl halides is 6. The van der Waals surface area contributed by atoms with E-state index in [1.54, 1.807) is 11.0 Å². The number of hydrogen-bond donors (Lipinski definition) is 0. The number of aryl methyl sites for hydroxylation is 1. The highest BCUT2D eigenvalue weighted by molar-refractivity contribution is 5.84. The average molecular weight is 527 g/mol. The van der Waals surface area contributed by atoms with Crippen LogP contribution in [0.4, 0.5) is 26.3 Å². The molecule has 2 fully saturated rings. The van der Waals surface area contributed by atoms with Crippen molar-refractivity contribution in [3.63, 3.8) is 0 Å². The minimum atomic E-state index is -4.74. The van der Waals surface area contributed by atoms with Crippen molar-refractivity contribution >= 4 is 5.91 Å². The van der Waals surface area contributed by atoms with Gasteiger partial charge >= 0.3 is 12.5 Å². The summed E-state index contributed by atoms with van der Waals surface area (Å²) >= 11 is 0. The van der Waals surface area contributed by atoms with Crippen LogP contribution in [0, 0.1) is 17.3 Å². The number of carbonyl (C=O) groups excluding carboxylic acids is 1. The van der Waals surface area contributed by atoms with Crippen molar-refractivity contribution in [3.8, 4) is 5.75 Å². The van der Waals surface area contributed by atoms with E-state index in [1.165, 1.54) is 18.2 Å². The van der Waals surface area contributed by atoms with E-state index in [0.717, 1.165) is 49.9 Å². The molecule has 1 aromatic heterocycles. The smallest absolute Gasteiger partial charge is 0.406 e. The molecule has 2 saturated carbocycles. The number of carbonyl (C=O) groups is 1. The molecule has 2 heterocycles. The second-order valence-electron chi connectivity index (χ2n) is 10.6. The summed E-state index contributed by atoms with van der Waals surface area (Å²) in [4.78, 5) is 19.6. The molecule has 1 aromatic carbocycles. The number of hydrogen-bond acceptors (Lipinski definition) is 3. The minimum Gasteiger partial charge on any atom is -0.406 e. The number of aromatic nitrogens is 1. The summed E-state index contributed by atoms with van der Waals surface area (Å²) in [6.07, 6.45) is -2.35. The Balaban J connectivity index is 1.25. The highest BCUT2D eigenvalue weighted by atomic mass is 19.4. The van der Waals surface area contributed by atoms with Crippen molar-refractivity contribution in [2.45, 2.75) is 70.4 Å². The molecular weight excluding hydrogens is 498 g/mol. The molecule has 0 bridgehead atoms. The molecule has 200 valence electrons. The van der Waals surface area contributed by atoms with Gasteiger partial charge in [-0.15, -0.1) is 13.2 Å². The van der Waals surface area contributed by atoms with Crippen molar-refractivity contribution in [2.24, 2.45) is 17.3 Å². The lowest BCUT2D eigenvalue weighted by atomic mass is 9.78. The lowest BCUT2D eigenvalue weighted by Gasteiger charge is -2.37. The molecule has 1 amide bonds. The van der Waals surface area contributed by atoms with Gasteiger partial charge in [-0.3, -0.25) is 9.78 Å². The van der Waals surface area contributed by atoms with Crippen LogP contribution in [0.2, 0.25) is 0 Å². The molecule has 3 aliphatic rings. The number of ether oxygens (including phenoxy) is 1. The summed E-state index contributed by atoms with van der Waals surface area (Å²) in [5.74, 6) is 0.276. The largest absolute Gasteiger partial charge is 0.573 e. The van der Waals surface area contributed by atoms with Gasteiger partial charge in [-0.05, 0) is 79.7 Å². The number of fused-ring (bicyclic) bond motifs is 2. The Morgan fingerprint density at radius 1 is 1.16 bits per heavy atom. The average Bonchev–Trinajstić information content (AvgIpc) is 3.38. The van der Waals surface area contributed by atoms with E-state index in [2.05, 4.69) is 9.72 Å². The molecular formula is C27H28F6N2O2. The van der Waals surface area contributed by atoms with Gasteiger partial charge in [0, 0.05) is 31.4 Å². The zero-order valence-electron chi connectivity index (χ0n) is 20.2. The third kappa shape index (κ3) is 5.43. The molecule has 3 atom stereocenters. The number of halogens is 6. The van der Waals surface area contributed by atoms with Crippen LogP contribution >= 0.6 is 0 Å². The van der Waals surface area contributed by atoms with E-state index >= 15 is 0 Å². The SMILES string of the molecule is O=C(N1CCc2ncc(C(F)(F)F)cc2C1)C12CCCC1CC(CCc1cccc(OC(F)(F)F)c1)C2. The van der Waals surface area contributed by atoms with Crippen LogP contribution in [0.3, 0.4) is 0 Å². The fourth-order valence-corrected chi connectivity index (χ4v) is 6.68. The van der Waals surface area contributed by atoms with Crippen LogP contribution in [0.25, 0.3) is 0 Å². The van der Waals surface area contributed by atoms with Gasteiger partial charge in [0.25, 0.3) is 0 Å². The maximum absolute atomic E-state index is 13.9. The van der Waals surface area contributed by atoms with E-state index in [-0.39, 0.29) is 30.0 Å². The van der Waals surface area contributed by atoms with Crippen LogP contribution in [-0.4, -0.2) is 28.7 Å². The van der Waals surface area contributed by atoms with Gasteiger partial charge in [-0.1, -0.05) is 18.6 Å². The molecule has 0 N–H and O–H groups in total. The molecule has 4 nitrogen and oxygen atoms in total. The zero-order valence-corrected chi connectivity index (χ0v) is 20.2. The first-order valence-corrected chi connectivity index (χ1v) is 12.6. The van der Waals surface area contributed by atoms with Crippen LogP contribution in [0.15, 0.2) is 36.5 Å². The first kappa shape index (κ1) is 25.9. The van der Waals surface area contributed by atoms with Gasteiger partial charge in [0.2, 0.25) is 5.91 Å². The van der Waals surface area contributed by atoms with Crippen molar-refractivity contribution in [1.29, 1.82) is 0 Å². The fourth-order valence-electron chi connectivity index (χ4n) is 6.68. The Kier molecular flexibility index (Phi) is 6.64. The van der Waals surface area contributed by atoms with Gasteiger partial charge < -0.3 is 9.64 Å². The Labute approximate surface area is 211 Å². The molecule has 1 aliphatic heterocycles. The van der Waals surface area contributed by atoms with E-state index in [0.29, 0.717) is 37.1 Å². The normalized spacial score (nSPS) is 25.6. The molecule has 0 saturated heterocycles. The van der Waals surface area contributed by atoms with Crippen LogP contribution < -0.4 is 4.74 Å². The molecule has 3 unspecified atom stereocenters. The fraction of sp³-hybridized carbons (Fsp3) is 0.556. The van der Waals surface area contributed by atoms with Crippen LogP contribution in [0.1, 0.15) is 60.9 Å². The van der Waals surface area contributed by atoms with Crippen LogP contribution in [0.5, 0.6) is 5.75 Å². The molecule has 37 heavy (non-hydrogen) atoms. The Hall–Kier alpha value is -2.78. The third-order valence-corrected chi connectivity index (χ3v) is 8.28. The lowest BCUT2D eigenvalue weighted by molar-refractivity contribution is -0.274. The number of benzene rings is 1. The number of nitrogens with zero attached hydrogens (tertiary/aromatic N) is 2. The first-order valence-electron chi connectivity index (χ1n) is 12.6. The van der Waals surface area contributed by atoms with Gasteiger partial charge in [-0.2, -0.15) is 13.2 Å². The van der Waals surface area contributed by atoms with E-state index in [4.69, 9.17) is 0 Å². The van der Waals surface area contributed by atoms with E-state index in [1.807, 2.05) is 0 Å². The summed E-state index contributed by atoms with van der Waals surface area (Å²) in [5, 5.41) is 0. The Morgan fingerprint density at radius 2 is 1.97 bits per heavy atom. The monoisotopic (exact) mass is 526 g/mol. The van der Waals surface area contributed by atoms with Gasteiger partial charge in [0.05, 0.1) is 11.0 Å². The predicted octanol–water partition coefficient (Wildman–Crippen LogP) is 6.71. The summed E-state index contributed by atoms with van der Waals surface area (Å²) in [7, 11) is 0. The quantitative estimate of drug-likeness (QED) is 0.407. The molecule has 2 aliphatic carbocycles. The summed E-state index contributed by atoms with van der Waals surface area (Å²) in [6.45, 7) is 0.575. The zero-order chi connectivity index (χ0) is 26.4. The summed E-state index contributed by atoms with van der Waals surface area (Å²) in [6, 6.07) is 7.10. The van der Waals surface area contributed by atoms with Gasteiger partial charge in [0.1, 0.15) is 5.75 Å². The van der Waals surface area contributed by atoms with E-state index < -0.39 is 23.5 Å². The minimum absolute atomic E-state index is 0.0288. The van der Waals surface area contributed by atoms with Crippen molar-refractivity contribution in [1.82, 2.24) is 9.88 Å². The Morgan fingerprint density at radius 3 is 2.73 bits per heavy atom. The van der Waals surface area contributed by atoms with E-state index in [9.17, 15) is 31.1 Å². The summed E-state index contributed by atoms with van der Waals surface area (Å²) < 4.78 is 81.2. The summed E-state index contributed by atoms with van der Waals surface area (Å²) in [5.41, 5.74) is 0.510. The van der Waals surface area contributed by atoms with Gasteiger partial charge in [0.15, 0.2) is 0 Å². The molecule has 0 radical (unpaired) electrons. The third-order valence-electron chi connectivity index (χ3n) is 8.28. The molecule has 2 aromatic rings.